The van der Waals surface area contributed by atoms with Gasteiger partial charge in [0.1, 0.15) is 6.10 Å². The Morgan fingerprint density at radius 3 is 2.50 bits per heavy atom. The van der Waals surface area contributed by atoms with E-state index in [1.54, 1.807) is 48.8 Å². The van der Waals surface area contributed by atoms with Crippen LogP contribution < -0.4 is 0 Å². The monoisotopic (exact) mass is 243 g/mol. The average molecular weight is 243 g/mol. The molecule has 0 saturated carbocycles. The number of aliphatic hydroxyl groups excluding tert-OH is 1. The summed E-state index contributed by atoms with van der Waals surface area (Å²) in [5, 5.41) is 10.1. The lowest BCUT2D eigenvalue weighted by molar-refractivity contribution is 0.0600. The maximum absolute atomic E-state index is 11.3. The number of benzene rings is 1. The van der Waals surface area contributed by atoms with Crippen LogP contribution in [0.1, 0.15) is 27.6 Å². The molecule has 0 fully saturated rings. The van der Waals surface area contributed by atoms with E-state index in [-0.39, 0.29) is 0 Å². The summed E-state index contributed by atoms with van der Waals surface area (Å²) in [5.74, 6) is -0.391. The second kappa shape index (κ2) is 5.42. The third kappa shape index (κ3) is 2.55. The Balaban J connectivity index is 2.22. The number of nitrogens with zero attached hydrogens (tertiary/aromatic N) is 1. The number of ether oxygens (including phenoxy) is 1. The standard InChI is InChI=1S/C14H13NO3/c1-18-14(17)11-6-4-10(5-7-11)13(16)12-3-2-8-15-9-12/h2-9,13,16H,1H3. The number of carbonyl (C=O) groups excluding carboxylic acids is 1. The van der Waals surface area contributed by atoms with Crippen LogP contribution in [0.25, 0.3) is 0 Å². The molecule has 2 aromatic rings. The fourth-order valence-electron chi connectivity index (χ4n) is 1.65. The first kappa shape index (κ1) is 12.3. The molecule has 0 saturated heterocycles. The number of esters is 1. The van der Waals surface area contributed by atoms with Crippen molar-refractivity contribution in [2.24, 2.45) is 0 Å². The Hall–Kier alpha value is -2.20. The van der Waals surface area contributed by atoms with Gasteiger partial charge >= 0.3 is 5.97 Å². The number of pyridine rings is 1. The zero-order chi connectivity index (χ0) is 13.0. The molecule has 1 aromatic heterocycles. The van der Waals surface area contributed by atoms with Gasteiger partial charge in [0.05, 0.1) is 12.7 Å². The lowest BCUT2D eigenvalue weighted by Gasteiger charge is -2.11. The van der Waals surface area contributed by atoms with Gasteiger partial charge in [0.25, 0.3) is 0 Å². The zero-order valence-electron chi connectivity index (χ0n) is 9.91. The van der Waals surface area contributed by atoms with Crippen LogP contribution in [-0.4, -0.2) is 23.2 Å². The summed E-state index contributed by atoms with van der Waals surface area (Å²) in [6.07, 6.45) is 2.51. The van der Waals surface area contributed by atoms with Gasteiger partial charge in [-0.1, -0.05) is 18.2 Å². The van der Waals surface area contributed by atoms with Crippen molar-refractivity contribution in [2.75, 3.05) is 7.11 Å². The van der Waals surface area contributed by atoms with E-state index in [4.69, 9.17) is 0 Å². The fraction of sp³-hybridized carbons (Fsp3) is 0.143. The minimum atomic E-state index is -0.745. The number of methoxy groups -OCH3 is 1. The predicted octanol–water partition coefficient (Wildman–Crippen LogP) is 1.95. The number of carbonyl (C=O) groups is 1. The van der Waals surface area contributed by atoms with Gasteiger partial charge in [0.2, 0.25) is 0 Å². The zero-order valence-corrected chi connectivity index (χ0v) is 9.91. The molecule has 0 aliphatic carbocycles. The molecule has 1 unspecified atom stereocenters. The van der Waals surface area contributed by atoms with E-state index in [0.29, 0.717) is 16.7 Å². The first-order valence-corrected chi connectivity index (χ1v) is 5.48. The Morgan fingerprint density at radius 2 is 1.94 bits per heavy atom. The summed E-state index contributed by atoms with van der Waals surface area (Å²) in [6, 6.07) is 10.2. The van der Waals surface area contributed by atoms with Crippen LogP contribution in [-0.2, 0) is 4.74 Å². The van der Waals surface area contributed by atoms with Gasteiger partial charge in [-0.2, -0.15) is 0 Å². The van der Waals surface area contributed by atoms with E-state index in [9.17, 15) is 9.90 Å². The summed E-state index contributed by atoms with van der Waals surface area (Å²) >= 11 is 0. The maximum Gasteiger partial charge on any atom is 0.337 e. The fourth-order valence-corrected chi connectivity index (χ4v) is 1.65. The Labute approximate surface area is 105 Å². The van der Waals surface area contributed by atoms with E-state index in [1.165, 1.54) is 7.11 Å². The minimum Gasteiger partial charge on any atom is -0.465 e. The molecular weight excluding hydrogens is 230 g/mol. The number of aliphatic hydroxyl groups is 1. The van der Waals surface area contributed by atoms with E-state index in [1.807, 2.05) is 0 Å². The Bertz CT molecular complexity index is 522. The lowest BCUT2D eigenvalue weighted by Crippen LogP contribution is -2.03. The summed E-state index contributed by atoms with van der Waals surface area (Å²) in [7, 11) is 1.33. The molecule has 1 N–H and O–H groups in total. The molecule has 0 spiro atoms. The molecule has 0 aliphatic heterocycles. The molecule has 0 amide bonds. The van der Waals surface area contributed by atoms with Crippen molar-refractivity contribution >= 4 is 5.97 Å². The third-order valence-electron chi connectivity index (χ3n) is 2.65. The molecule has 4 nitrogen and oxygen atoms in total. The highest BCUT2D eigenvalue weighted by atomic mass is 16.5. The van der Waals surface area contributed by atoms with Crippen LogP contribution >= 0.6 is 0 Å². The van der Waals surface area contributed by atoms with Crippen LogP contribution in [0.3, 0.4) is 0 Å². The summed E-state index contributed by atoms with van der Waals surface area (Å²) in [6.45, 7) is 0. The quantitative estimate of drug-likeness (QED) is 0.837. The summed E-state index contributed by atoms with van der Waals surface area (Å²) < 4.78 is 4.61. The first-order chi connectivity index (χ1) is 8.72. The van der Waals surface area contributed by atoms with Crippen molar-refractivity contribution in [3.8, 4) is 0 Å². The Morgan fingerprint density at radius 1 is 1.22 bits per heavy atom. The number of hydrogen-bond acceptors (Lipinski definition) is 4. The van der Waals surface area contributed by atoms with Gasteiger partial charge in [-0.25, -0.2) is 4.79 Å². The van der Waals surface area contributed by atoms with Gasteiger partial charge in [-0.05, 0) is 23.8 Å². The van der Waals surface area contributed by atoms with Crippen molar-refractivity contribution in [1.82, 2.24) is 4.98 Å². The van der Waals surface area contributed by atoms with Gasteiger partial charge in [-0.3, -0.25) is 4.98 Å². The highest BCUT2D eigenvalue weighted by Gasteiger charge is 2.11. The van der Waals surface area contributed by atoms with Crippen LogP contribution in [0.15, 0.2) is 48.8 Å². The van der Waals surface area contributed by atoms with Crippen molar-refractivity contribution < 1.29 is 14.6 Å². The van der Waals surface area contributed by atoms with Gasteiger partial charge in [0, 0.05) is 18.0 Å². The molecule has 1 aromatic carbocycles. The molecule has 18 heavy (non-hydrogen) atoms. The lowest BCUT2D eigenvalue weighted by atomic mass is 10.0. The molecule has 1 heterocycles. The predicted molar refractivity (Wildman–Crippen MR) is 66.1 cm³/mol. The van der Waals surface area contributed by atoms with Crippen molar-refractivity contribution in [1.29, 1.82) is 0 Å². The number of rotatable bonds is 3. The molecular formula is C14H13NO3. The smallest absolute Gasteiger partial charge is 0.337 e. The van der Waals surface area contributed by atoms with Gasteiger partial charge < -0.3 is 9.84 Å². The van der Waals surface area contributed by atoms with E-state index in [0.717, 1.165) is 0 Å². The summed E-state index contributed by atoms with van der Waals surface area (Å²) in [4.78, 5) is 15.2. The Kier molecular flexibility index (Phi) is 3.69. The van der Waals surface area contributed by atoms with Gasteiger partial charge in [0.15, 0.2) is 0 Å². The van der Waals surface area contributed by atoms with E-state index in [2.05, 4.69) is 9.72 Å². The minimum absolute atomic E-state index is 0.391. The summed E-state index contributed by atoms with van der Waals surface area (Å²) in [5.41, 5.74) is 1.87. The van der Waals surface area contributed by atoms with E-state index >= 15 is 0 Å². The van der Waals surface area contributed by atoms with Crippen molar-refractivity contribution in [3.63, 3.8) is 0 Å². The molecule has 2 rings (SSSR count). The molecule has 4 heteroatoms. The number of hydrogen-bond donors (Lipinski definition) is 1. The van der Waals surface area contributed by atoms with Crippen molar-refractivity contribution in [2.45, 2.75) is 6.10 Å². The molecule has 1 atom stereocenters. The van der Waals surface area contributed by atoms with Crippen LogP contribution in [0.5, 0.6) is 0 Å². The first-order valence-electron chi connectivity index (χ1n) is 5.48. The SMILES string of the molecule is COC(=O)c1ccc(C(O)c2cccnc2)cc1. The largest absolute Gasteiger partial charge is 0.465 e. The second-order valence-corrected chi connectivity index (χ2v) is 3.80. The third-order valence-corrected chi connectivity index (χ3v) is 2.65. The van der Waals surface area contributed by atoms with Crippen molar-refractivity contribution in [3.05, 3.63) is 65.5 Å². The van der Waals surface area contributed by atoms with Crippen LogP contribution in [0.2, 0.25) is 0 Å². The highest BCUT2D eigenvalue weighted by molar-refractivity contribution is 5.89. The molecule has 0 radical (unpaired) electrons. The highest BCUT2D eigenvalue weighted by Crippen LogP contribution is 2.21. The normalized spacial score (nSPS) is 11.9. The number of aromatic nitrogens is 1. The molecule has 0 bridgehead atoms. The van der Waals surface area contributed by atoms with Crippen LogP contribution in [0.4, 0.5) is 0 Å². The topological polar surface area (TPSA) is 59.4 Å². The van der Waals surface area contributed by atoms with E-state index < -0.39 is 12.1 Å². The van der Waals surface area contributed by atoms with Crippen LogP contribution in [0, 0.1) is 0 Å². The average Bonchev–Trinajstić information content (AvgIpc) is 2.47. The van der Waals surface area contributed by atoms with Gasteiger partial charge in [-0.15, -0.1) is 0 Å². The maximum atomic E-state index is 11.3. The molecule has 92 valence electrons. The second-order valence-electron chi connectivity index (χ2n) is 3.80. The molecule has 0 aliphatic rings.